The maximum absolute atomic E-state index is 12.2. The highest BCUT2D eigenvalue weighted by molar-refractivity contribution is 7.91. The second-order valence-electron chi connectivity index (χ2n) is 5.33. The zero-order chi connectivity index (χ0) is 15.1. The molecule has 1 aliphatic rings. The third-order valence-corrected chi connectivity index (χ3v) is 5.74. The molecule has 0 unspecified atom stereocenters. The number of sulfone groups is 1. The standard InChI is InChI=1S/C14H17N3O3S.ClH/c1-2-21(18,19)11-7-4-3-6-10(11)12-16-13(17-20-12)14(15)8-5-9-14;/h3-4,6-7H,2,5,8-9,15H2,1H3;1H. The summed E-state index contributed by atoms with van der Waals surface area (Å²) in [5.74, 6) is 0.674. The van der Waals surface area contributed by atoms with E-state index in [4.69, 9.17) is 10.3 Å². The van der Waals surface area contributed by atoms with Crippen LogP contribution in [0.1, 0.15) is 32.0 Å². The second-order valence-corrected chi connectivity index (χ2v) is 7.58. The molecule has 0 bridgehead atoms. The summed E-state index contributed by atoms with van der Waals surface area (Å²) >= 11 is 0. The van der Waals surface area contributed by atoms with Gasteiger partial charge in [0.05, 0.1) is 21.8 Å². The summed E-state index contributed by atoms with van der Waals surface area (Å²) in [5.41, 5.74) is 6.07. The van der Waals surface area contributed by atoms with Gasteiger partial charge in [-0.1, -0.05) is 24.2 Å². The predicted octanol–water partition coefficient (Wildman–Crippen LogP) is 2.29. The molecule has 1 heterocycles. The lowest BCUT2D eigenvalue weighted by atomic mass is 9.77. The first-order valence-electron chi connectivity index (χ1n) is 6.91. The van der Waals surface area contributed by atoms with Crippen LogP contribution in [0.2, 0.25) is 0 Å². The summed E-state index contributed by atoms with van der Waals surface area (Å²) in [6.45, 7) is 1.61. The van der Waals surface area contributed by atoms with Crippen molar-refractivity contribution in [3.05, 3.63) is 30.1 Å². The first-order valence-corrected chi connectivity index (χ1v) is 8.57. The Morgan fingerprint density at radius 1 is 1.32 bits per heavy atom. The van der Waals surface area contributed by atoms with Crippen LogP contribution in [-0.4, -0.2) is 24.3 Å². The van der Waals surface area contributed by atoms with Crippen molar-refractivity contribution in [3.63, 3.8) is 0 Å². The molecule has 1 aromatic carbocycles. The van der Waals surface area contributed by atoms with Gasteiger partial charge in [0.25, 0.3) is 5.89 Å². The monoisotopic (exact) mass is 343 g/mol. The SMILES string of the molecule is CCS(=O)(=O)c1ccccc1-c1nc(C2(N)CCC2)no1.Cl. The lowest BCUT2D eigenvalue weighted by Crippen LogP contribution is -2.44. The summed E-state index contributed by atoms with van der Waals surface area (Å²) in [7, 11) is -3.35. The molecule has 120 valence electrons. The van der Waals surface area contributed by atoms with Crippen LogP contribution in [-0.2, 0) is 15.4 Å². The average Bonchev–Trinajstić information content (AvgIpc) is 2.95. The van der Waals surface area contributed by atoms with Gasteiger partial charge in [-0.3, -0.25) is 0 Å². The minimum absolute atomic E-state index is 0. The molecule has 0 aliphatic heterocycles. The van der Waals surface area contributed by atoms with Crippen molar-refractivity contribution in [3.8, 4) is 11.5 Å². The minimum Gasteiger partial charge on any atom is -0.334 e. The van der Waals surface area contributed by atoms with Gasteiger partial charge in [-0.05, 0) is 31.4 Å². The Labute approximate surface area is 135 Å². The summed E-state index contributed by atoms with van der Waals surface area (Å²) in [6.07, 6.45) is 2.68. The zero-order valence-electron chi connectivity index (χ0n) is 12.2. The molecule has 0 amide bonds. The number of halogens is 1. The van der Waals surface area contributed by atoms with Crippen LogP contribution >= 0.6 is 12.4 Å². The highest BCUT2D eigenvalue weighted by Gasteiger charge is 2.39. The van der Waals surface area contributed by atoms with Crippen LogP contribution in [0.15, 0.2) is 33.7 Å². The van der Waals surface area contributed by atoms with Crippen molar-refractivity contribution in [1.82, 2.24) is 10.1 Å². The van der Waals surface area contributed by atoms with Crippen molar-refractivity contribution in [1.29, 1.82) is 0 Å². The molecule has 0 atom stereocenters. The first-order chi connectivity index (χ1) is 9.96. The summed E-state index contributed by atoms with van der Waals surface area (Å²) < 4.78 is 29.6. The van der Waals surface area contributed by atoms with E-state index >= 15 is 0 Å². The highest BCUT2D eigenvalue weighted by atomic mass is 35.5. The van der Waals surface area contributed by atoms with Gasteiger partial charge in [-0.25, -0.2) is 8.42 Å². The third kappa shape index (κ3) is 2.76. The van der Waals surface area contributed by atoms with Crippen molar-refractivity contribution in [2.24, 2.45) is 5.73 Å². The Kier molecular flexibility index (Phi) is 4.60. The molecule has 0 radical (unpaired) electrons. The first kappa shape index (κ1) is 16.9. The lowest BCUT2D eigenvalue weighted by molar-refractivity contribution is 0.229. The van der Waals surface area contributed by atoms with Gasteiger partial charge in [0.1, 0.15) is 0 Å². The van der Waals surface area contributed by atoms with E-state index < -0.39 is 15.4 Å². The second kappa shape index (κ2) is 5.98. The molecule has 2 aromatic rings. The number of nitrogens with zero attached hydrogens (tertiary/aromatic N) is 2. The summed E-state index contributed by atoms with van der Waals surface area (Å²) in [6, 6.07) is 6.65. The van der Waals surface area contributed by atoms with E-state index in [1.807, 2.05) is 0 Å². The molecule has 6 nitrogen and oxygen atoms in total. The maximum Gasteiger partial charge on any atom is 0.259 e. The number of hydrogen-bond donors (Lipinski definition) is 1. The van der Waals surface area contributed by atoms with Crippen molar-refractivity contribution < 1.29 is 12.9 Å². The van der Waals surface area contributed by atoms with Crippen LogP contribution < -0.4 is 5.73 Å². The molecule has 22 heavy (non-hydrogen) atoms. The molecule has 0 spiro atoms. The number of benzene rings is 1. The van der Waals surface area contributed by atoms with Crippen LogP contribution in [0, 0.1) is 0 Å². The summed E-state index contributed by atoms with van der Waals surface area (Å²) in [4.78, 5) is 4.53. The van der Waals surface area contributed by atoms with Gasteiger partial charge < -0.3 is 10.3 Å². The molecule has 3 rings (SSSR count). The van der Waals surface area contributed by atoms with Gasteiger partial charge in [-0.15, -0.1) is 12.4 Å². The Bertz CT molecular complexity index is 769. The highest BCUT2D eigenvalue weighted by Crippen LogP contribution is 2.38. The maximum atomic E-state index is 12.2. The normalized spacial score (nSPS) is 16.6. The molecule has 8 heteroatoms. The van der Waals surface area contributed by atoms with Gasteiger partial charge >= 0.3 is 0 Å². The van der Waals surface area contributed by atoms with Crippen LogP contribution in [0.5, 0.6) is 0 Å². The van der Waals surface area contributed by atoms with E-state index in [2.05, 4.69) is 10.1 Å². The van der Waals surface area contributed by atoms with Gasteiger partial charge in [0, 0.05) is 0 Å². The van der Waals surface area contributed by atoms with Crippen LogP contribution in [0.25, 0.3) is 11.5 Å². The Morgan fingerprint density at radius 2 is 2.00 bits per heavy atom. The number of rotatable bonds is 4. The minimum atomic E-state index is -3.35. The fourth-order valence-electron chi connectivity index (χ4n) is 2.39. The van der Waals surface area contributed by atoms with E-state index in [1.54, 1.807) is 31.2 Å². The average molecular weight is 344 g/mol. The quantitative estimate of drug-likeness (QED) is 0.914. The predicted molar refractivity (Wildman–Crippen MR) is 84.4 cm³/mol. The van der Waals surface area contributed by atoms with E-state index in [9.17, 15) is 8.42 Å². The fourth-order valence-corrected chi connectivity index (χ4v) is 3.47. The molecule has 2 N–H and O–H groups in total. The molecular weight excluding hydrogens is 326 g/mol. The topological polar surface area (TPSA) is 99.1 Å². The Hall–Kier alpha value is -1.44. The molecule has 1 aliphatic carbocycles. The lowest BCUT2D eigenvalue weighted by Gasteiger charge is -2.34. The van der Waals surface area contributed by atoms with E-state index in [1.165, 1.54) is 0 Å². The molecule has 1 aromatic heterocycles. The summed E-state index contributed by atoms with van der Waals surface area (Å²) in [5, 5.41) is 3.93. The van der Waals surface area contributed by atoms with Crippen LogP contribution in [0.3, 0.4) is 0 Å². The Morgan fingerprint density at radius 3 is 2.59 bits per heavy atom. The third-order valence-electron chi connectivity index (χ3n) is 3.95. The Balaban J connectivity index is 0.00000176. The number of nitrogens with two attached hydrogens (primary N) is 1. The molecule has 0 saturated heterocycles. The zero-order valence-corrected chi connectivity index (χ0v) is 13.8. The smallest absolute Gasteiger partial charge is 0.259 e. The van der Waals surface area contributed by atoms with Crippen molar-refractivity contribution in [2.75, 3.05) is 5.75 Å². The van der Waals surface area contributed by atoms with Gasteiger partial charge in [0.15, 0.2) is 15.7 Å². The van der Waals surface area contributed by atoms with Gasteiger partial charge in [-0.2, -0.15) is 4.98 Å². The number of hydrogen-bond acceptors (Lipinski definition) is 6. The van der Waals surface area contributed by atoms with Crippen molar-refractivity contribution >= 4 is 22.2 Å². The van der Waals surface area contributed by atoms with Crippen LogP contribution in [0.4, 0.5) is 0 Å². The van der Waals surface area contributed by atoms with E-state index in [0.29, 0.717) is 11.4 Å². The van der Waals surface area contributed by atoms with Gasteiger partial charge in [0.2, 0.25) is 0 Å². The molecule has 1 saturated carbocycles. The fraction of sp³-hybridized carbons (Fsp3) is 0.429. The van der Waals surface area contributed by atoms with Crippen molar-refractivity contribution in [2.45, 2.75) is 36.6 Å². The van der Waals surface area contributed by atoms with E-state index in [0.717, 1.165) is 19.3 Å². The molecular formula is C14H18ClN3O3S. The largest absolute Gasteiger partial charge is 0.334 e. The number of aromatic nitrogens is 2. The van der Waals surface area contributed by atoms with E-state index in [-0.39, 0.29) is 28.9 Å². The molecule has 1 fully saturated rings.